The van der Waals surface area contributed by atoms with E-state index in [4.69, 9.17) is 9.47 Å². The average molecular weight is 330 g/mol. The molecule has 1 unspecified atom stereocenters. The highest BCUT2D eigenvalue weighted by molar-refractivity contribution is 9.10. The third-order valence-corrected chi connectivity index (χ3v) is 3.22. The van der Waals surface area contributed by atoms with E-state index in [9.17, 15) is 4.79 Å². The van der Waals surface area contributed by atoms with Crippen molar-refractivity contribution in [2.75, 3.05) is 33.9 Å². The molecule has 0 aliphatic heterocycles. The Morgan fingerprint density at radius 2 is 2.21 bits per heavy atom. The van der Waals surface area contributed by atoms with Crippen LogP contribution in [0.4, 0.5) is 0 Å². The molecule has 0 amide bonds. The van der Waals surface area contributed by atoms with E-state index in [1.54, 1.807) is 0 Å². The van der Waals surface area contributed by atoms with Gasteiger partial charge in [0.2, 0.25) is 0 Å². The van der Waals surface area contributed by atoms with Gasteiger partial charge in [0.1, 0.15) is 12.4 Å². The molecule has 1 aromatic rings. The topological polar surface area (TPSA) is 38.8 Å². The van der Waals surface area contributed by atoms with E-state index < -0.39 is 0 Å². The first kappa shape index (κ1) is 16.0. The highest BCUT2D eigenvalue weighted by atomic mass is 79.9. The normalized spacial score (nSPS) is 12.3. The number of benzene rings is 1. The number of hydrogen-bond acceptors (Lipinski definition) is 4. The molecule has 19 heavy (non-hydrogen) atoms. The molecule has 5 heteroatoms. The maximum absolute atomic E-state index is 11.3. The van der Waals surface area contributed by atoms with Gasteiger partial charge in [0.25, 0.3) is 0 Å². The van der Waals surface area contributed by atoms with E-state index in [1.807, 2.05) is 38.2 Å². The van der Waals surface area contributed by atoms with Gasteiger partial charge in [-0.3, -0.25) is 4.79 Å². The summed E-state index contributed by atoms with van der Waals surface area (Å²) >= 11 is 3.40. The Balaban J connectivity index is 2.27. The zero-order valence-corrected chi connectivity index (χ0v) is 13.1. The number of hydrogen-bond donors (Lipinski definition) is 0. The predicted molar refractivity (Wildman–Crippen MR) is 78.3 cm³/mol. The monoisotopic (exact) mass is 329 g/mol. The van der Waals surface area contributed by atoms with Gasteiger partial charge in [-0.15, -0.1) is 0 Å². The lowest BCUT2D eigenvalue weighted by molar-refractivity contribution is -0.145. The second-order valence-electron chi connectivity index (χ2n) is 4.49. The third kappa shape index (κ3) is 6.07. The first-order valence-electron chi connectivity index (χ1n) is 6.17. The minimum atomic E-state index is -0.181. The molecule has 0 saturated heterocycles. The molecular weight excluding hydrogens is 310 g/mol. The van der Waals surface area contributed by atoms with Crippen molar-refractivity contribution < 1.29 is 14.3 Å². The molecule has 0 saturated carbocycles. The van der Waals surface area contributed by atoms with Crippen molar-refractivity contribution in [3.05, 3.63) is 28.7 Å². The Hall–Kier alpha value is -1.07. The summed E-state index contributed by atoms with van der Waals surface area (Å²) < 4.78 is 11.3. The minimum Gasteiger partial charge on any atom is -0.492 e. The summed E-state index contributed by atoms with van der Waals surface area (Å²) in [6.45, 7) is 3.86. The van der Waals surface area contributed by atoms with Crippen molar-refractivity contribution >= 4 is 21.9 Å². The largest absolute Gasteiger partial charge is 0.492 e. The Morgan fingerprint density at radius 1 is 1.47 bits per heavy atom. The Labute approximate surface area is 122 Å². The number of rotatable bonds is 7. The molecule has 0 spiro atoms. The molecule has 0 N–H and O–H groups in total. The van der Waals surface area contributed by atoms with E-state index in [0.717, 1.165) is 16.8 Å². The maximum atomic E-state index is 11.3. The third-order valence-electron chi connectivity index (χ3n) is 2.73. The van der Waals surface area contributed by atoms with E-state index in [0.29, 0.717) is 13.2 Å². The smallest absolute Gasteiger partial charge is 0.309 e. The van der Waals surface area contributed by atoms with Crippen LogP contribution < -0.4 is 4.74 Å². The number of esters is 1. The van der Waals surface area contributed by atoms with Gasteiger partial charge in [-0.2, -0.15) is 0 Å². The standard InChI is InChI=1S/C14H20BrNO3/c1-11(14(17)18-3)10-16(2)7-8-19-13-6-4-5-12(15)9-13/h4-6,9,11H,7-8,10H2,1-3H3. The fourth-order valence-electron chi connectivity index (χ4n) is 1.71. The van der Waals surface area contributed by atoms with Crippen LogP contribution in [0.2, 0.25) is 0 Å². The molecule has 1 rings (SSSR count). The first-order valence-corrected chi connectivity index (χ1v) is 6.97. The summed E-state index contributed by atoms with van der Waals surface area (Å²) in [5, 5.41) is 0. The summed E-state index contributed by atoms with van der Waals surface area (Å²) in [7, 11) is 3.37. The fourth-order valence-corrected chi connectivity index (χ4v) is 2.09. The number of likely N-dealkylation sites (N-methyl/N-ethyl adjacent to an activating group) is 1. The van der Waals surface area contributed by atoms with Gasteiger partial charge < -0.3 is 14.4 Å². The van der Waals surface area contributed by atoms with Crippen LogP contribution in [-0.2, 0) is 9.53 Å². The van der Waals surface area contributed by atoms with Crippen molar-refractivity contribution in [3.63, 3.8) is 0 Å². The zero-order valence-electron chi connectivity index (χ0n) is 11.6. The van der Waals surface area contributed by atoms with Crippen LogP contribution in [0.15, 0.2) is 28.7 Å². The molecule has 0 aliphatic carbocycles. The van der Waals surface area contributed by atoms with Crippen molar-refractivity contribution in [1.29, 1.82) is 0 Å². The van der Waals surface area contributed by atoms with Crippen LogP contribution in [0.3, 0.4) is 0 Å². The number of carbonyl (C=O) groups excluding carboxylic acids is 1. The van der Waals surface area contributed by atoms with Crippen LogP contribution in [0.25, 0.3) is 0 Å². The summed E-state index contributed by atoms with van der Waals surface area (Å²) in [5.74, 6) is 0.532. The number of halogens is 1. The molecule has 4 nitrogen and oxygen atoms in total. The Bertz CT molecular complexity index is 411. The molecule has 1 atom stereocenters. The summed E-state index contributed by atoms with van der Waals surface area (Å²) in [6, 6.07) is 7.73. The molecule has 0 aliphatic rings. The fraction of sp³-hybridized carbons (Fsp3) is 0.500. The van der Waals surface area contributed by atoms with Gasteiger partial charge in [0.15, 0.2) is 0 Å². The van der Waals surface area contributed by atoms with E-state index in [1.165, 1.54) is 7.11 Å². The molecule has 1 aromatic carbocycles. The molecule has 0 aromatic heterocycles. The number of ether oxygens (including phenoxy) is 2. The van der Waals surface area contributed by atoms with Crippen molar-refractivity contribution in [2.24, 2.45) is 5.92 Å². The number of carbonyl (C=O) groups is 1. The highest BCUT2D eigenvalue weighted by Gasteiger charge is 2.15. The van der Waals surface area contributed by atoms with Gasteiger partial charge >= 0.3 is 5.97 Å². The molecule has 0 fully saturated rings. The molecule has 106 valence electrons. The molecule has 0 radical (unpaired) electrons. The quantitative estimate of drug-likeness (QED) is 0.721. The average Bonchev–Trinajstić information content (AvgIpc) is 2.37. The molecule has 0 heterocycles. The molecule has 0 bridgehead atoms. The van der Waals surface area contributed by atoms with Crippen LogP contribution in [0, 0.1) is 5.92 Å². The molecular formula is C14H20BrNO3. The van der Waals surface area contributed by atoms with Crippen LogP contribution in [0.1, 0.15) is 6.92 Å². The first-order chi connectivity index (χ1) is 9.02. The van der Waals surface area contributed by atoms with Gasteiger partial charge in [-0.1, -0.05) is 28.9 Å². The second-order valence-corrected chi connectivity index (χ2v) is 5.41. The van der Waals surface area contributed by atoms with E-state index in [-0.39, 0.29) is 11.9 Å². The summed E-state index contributed by atoms with van der Waals surface area (Å²) in [4.78, 5) is 13.3. The lowest BCUT2D eigenvalue weighted by Crippen LogP contribution is -2.32. The summed E-state index contributed by atoms with van der Waals surface area (Å²) in [6.07, 6.45) is 0. The maximum Gasteiger partial charge on any atom is 0.309 e. The zero-order chi connectivity index (χ0) is 14.3. The van der Waals surface area contributed by atoms with Crippen molar-refractivity contribution in [1.82, 2.24) is 4.90 Å². The van der Waals surface area contributed by atoms with Crippen LogP contribution >= 0.6 is 15.9 Å². The van der Waals surface area contributed by atoms with Crippen molar-refractivity contribution in [2.45, 2.75) is 6.92 Å². The van der Waals surface area contributed by atoms with Gasteiger partial charge in [-0.25, -0.2) is 0 Å². The minimum absolute atomic E-state index is 0.124. The van der Waals surface area contributed by atoms with Gasteiger partial charge in [-0.05, 0) is 25.2 Å². The van der Waals surface area contributed by atoms with E-state index >= 15 is 0 Å². The van der Waals surface area contributed by atoms with Crippen LogP contribution in [0.5, 0.6) is 5.75 Å². The Morgan fingerprint density at radius 3 is 2.84 bits per heavy atom. The van der Waals surface area contributed by atoms with Gasteiger partial charge in [0.05, 0.1) is 13.0 Å². The second kappa shape index (κ2) is 8.17. The highest BCUT2D eigenvalue weighted by Crippen LogP contribution is 2.17. The van der Waals surface area contributed by atoms with Crippen LogP contribution in [-0.4, -0.2) is 44.7 Å². The lowest BCUT2D eigenvalue weighted by Gasteiger charge is -2.20. The Kier molecular flexibility index (Phi) is 6.87. The van der Waals surface area contributed by atoms with E-state index in [2.05, 4.69) is 20.8 Å². The predicted octanol–water partition coefficient (Wildman–Crippen LogP) is 2.57. The van der Waals surface area contributed by atoms with Gasteiger partial charge in [0, 0.05) is 17.6 Å². The lowest BCUT2D eigenvalue weighted by atomic mass is 10.2. The number of methoxy groups -OCH3 is 1. The van der Waals surface area contributed by atoms with Crippen molar-refractivity contribution in [3.8, 4) is 5.75 Å². The number of nitrogens with zero attached hydrogens (tertiary/aromatic N) is 1. The summed E-state index contributed by atoms with van der Waals surface area (Å²) in [5.41, 5.74) is 0. The SMILES string of the molecule is COC(=O)C(C)CN(C)CCOc1cccc(Br)c1.